The standard InChI is InChI=1S/C53H94N2O17Si/c1-23-40-53(17,61)45(59)32(5)42(54-72-38(11)58)30(3)25-52(16,63-27-29(2)28-64-73(21,22)50(12,13)14)46(71-49-44(67-36(9)56)39(55(18)19)24-31(4)65-49)33(6)43(34(7)48(60)69-40)70-41-26-51(15,62-20)47(35(8)66-41)68-37(10)57/h30-35,39-41,43-47,49,59,61H,2,23-28H2,1,3-22H3/t30-,31-,32+,33+,34-,35+,39+,40-,41?,43+,44-,45-,46-,47+,49+,51-,52-,53-/m1/s1. The molecular formula is C53H94N2O17Si. The normalized spacial score (nSPS) is 39.0. The average Bonchev–Trinajstić information content (AvgIpc) is 3.27. The lowest BCUT2D eigenvalue weighted by molar-refractivity contribution is -0.321. The molecule has 3 aliphatic heterocycles. The van der Waals surface area contributed by atoms with Gasteiger partial charge in [0.1, 0.15) is 17.3 Å². The number of cyclic esters (lactones) is 1. The largest absolute Gasteiger partial charge is 0.459 e. The van der Waals surface area contributed by atoms with E-state index in [0.29, 0.717) is 12.0 Å². The lowest BCUT2D eigenvalue weighted by Crippen LogP contribution is -2.62. The molecule has 0 bridgehead atoms. The highest BCUT2D eigenvalue weighted by Crippen LogP contribution is 2.44. The van der Waals surface area contributed by atoms with Crippen LogP contribution in [0.15, 0.2) is 17.3 Å². The number of methoxy groups -OCH3 is 1. The van der Waals surface area contributed by atoms with Crippen LogP contribution in [0.1, 0.15) is 136 Å². The molecule has 0 spiro atoms. The molecule has 0 saturated carbocycles. The summed E-state index contributed by atoms with van der Waals surface area (Å²) in [6.07, 6.45) is -9.65. The van der Waals surface area contributed by atoms with Gasteiger partial charge in [-0.1, -0.05) is 60.2 Å². The third kappa shape index (κ3) is 16.3. The van der Waals surface area contributed by atoms with Crippen LogP contribution in [-0.2, 0) is 71.1 Å². The van der Waals surface area contributed by atoms with Crippen molar-refractivity contribution in [1.29, 1.82) is 0 Å². The van der Waals surface area contributed by atoms with E-state index in [1.54, 1.807) is 34.6 Å². The first-order chi connectivity index (χ1) is 33.5. The third-order valence-electron chi connectivity index (χ3n) is 15.7. The fourth-order valence-corrected chi connectivity index (χ4v) is 11.3. The molecule has 20 heteroatoms. The maximum Gasteiger partial charge on any atom is 0.331 e. The Morgan fingerprint density at radius 2 is 1.47 bits per heavy atom. The molecule has 3 heterocycles. The summed E-state index contributed by atoms with van der Waals surface area (Å²) in [4.78, 5) is 59.9. The number of oxime groups is 1. The quantitative estimate of drug-likeness (QED) is 0.0401. The molecule has 19 nitrogen and oxygen atoms in total. The topological polar surface area (TPSA) is 226 Å². The van der Waals surface area contributed by atoms with Gasteiger partial charge in [-0.3, -0.25) is 14.4 Å². The van der Waals surface area contributed by atoms with E-state index in [4.69, 9.17) is 51.9 Å². The van der Waals surface area contributed by atoms with Crippen LogP contribution in [-0.4, -0.2) is 172 Å². The molecule has 73 heavy (non-hydrogen) atoms. The number of ether oxygens (including phenoxy) is 9. The van der Waals surface area contributed by atoms with Gasteiger partial charge in [-0.05, 0) is 98.6 Å². The number of likely N-dealkylation sites (N-methyl/N-ethyl adjacent to an activating group) is 1. The molecule has 0 aromatic heterocycles. The van der Waals surface area contributed by atoms with Crippen molar-refractivity contribution < 1.29 is 81.3 Å². The summed E-state index contributed by atoms with van der Waals surface area (Å²) < 4.78 is 65.3. The van der Waals surface area contributed by atoms with Crippen LogP contribution in [0.25, 0.3) is 0 Å². The van der Waals surface area contributed by atoms with Gasteiger partial charge in [0.05, 0.1) is 67.0 Å². The van der Waals surface area contributed by atoms with Gasteiger partial charge >= 0.3 is 23.9 Å². The van der Waals surface area contributed by atoms with E-state index in [0.717, 1.165) is 0 Å². The van der Waals surface area contributed by atoms with Crippen LogP contribution >= 0.6 is 0 Å². The van der Waals surface area contributed by atoms with Gasteiger partial charge in [-0.25, -0.2) is 4.79 Å². The average molecular weight is 1060 g/mol. The van der Waals surface area contributed by atoms with Gasteiger partial charge in [0.25, 0.3) is 0 Å². The zero-order valence-corrected chi connectivity index (χ0v) is 49.0. The molecule has 1 unspecified atom stereocenters. The van der Waals surface area contributed by atoms with Crippen molar-refractivity contribution in [3.8, 4) is 0 Å². The minimum Gasteiger partial charge on any atom is -0.459 e. The first-order valence-electron chi connectivity index (χ1n) is 25.9. The molecule has 3 saturated heterocycles. The van der Waals surface area contributed by atoms with Gasteiger partial charge in [-0.15, -0.1) is 0 Å². The van der Waals surface area contributed by atoms with Crippen molar-refractivity contribution in [2.75, 3.05) is 34.4 Å². The van der Waals surface area contributed by atoms with E-state index < -0.39 is 128 Å². The predicted molar refractivity (Wildman–Crippen MR) is 276 cm³/mol. The van der Waals surface area contributed by atoms with Gasteiger partial charge in [0.15, 0.2) is 33.1 Å². The highest BCUT2D eigenvalue weighted by atomic mass is 28.4. The number of rotatable bonds is 16. The lowest BCUT2D eigenvalue weighted by Gasteiger charge is -2.50. The number of esters is 3. The Balaban J connectivity index is 2.48. The summed E-state index contributed by atoms with van der Waals surface area (Å²) in [6, 6.07) is -0.358. The second-order valence-corrected chi connectivity index (χ2v) is 28.2. The van der Waals surface area contributed by atoms with Crippen molar-refractivity contribution in [1.82, 2.24) is 4.90 Å². The zero-order valence-electron chi connectivity index (χ0n) is 48.0. The molecule has 3 rings (SSSR count). The monoisotopic (exact) mass is 1060 g/mol. The lowest BCUT2D eigenvalue weighted by atomic mass is 9.73. The molecule has 3 aliphatic rings. The van der Waals surface area contributed by atoms with E-state index in [1.807, 2.05) is 46.7 Å². The Labute approximate surface area is 437 Å². The number of hydrogen-bond donors (Lipinski definition) is 2. The summed E-state index contributed by atoms with van der Waals surface area (Å²) in [7, 11) is 3.02. The molecule has 422 valence electrons. The van der Waals surface area contributed by atoms with Crippen LogP contribution in [0.4, 0.5) is 0 Å². The van der Waals surface area contributed by atoms with Crippen molar-refractivity contribution >= 4 is 37.9 Å². The number of nitrogens with zero attached hydrogens (tertiary/aromatic N) is 2. The predicted octanol–water partition coefficient (Wildman–Crippen LogP) is 6.88. The van der Waals surface area contributed by atoms with Gasteiger partial charge in [0, 0.05) is 52.1 Å². The van der Waals surface area contributed by atoms with Gasteiger partial charge in [0.2, 0.25) is 0 Å². The summed E-state index contributed by atoms with van der Waals surface area (Å²) in [5.74, 6) is -6.27. The number of aliphatic hydroxyl groups excluding tert-OH is 1. The van der Waals surface area contributed by atoms with Gasteiger partial charge < -0.3 is 67.0 Å². The molecule has 0 aliphatic carbocycles. The number of carbonyl (C=O) groups is 4. The van der Waals surface area contributed by atoms with E-state index >= 15 is 0 Å². The van der Waals surface area contributed by atoms with E-state index in [1.165, 1.54) is 34.8 Å². The zero-order chi connectivity index (χ0) is 55.9. The molecule has 0 amide bonds. The second-order valence-electron chi connectivity index (χ2n) is 23.4. The fraction of sp³-hybridized carbons (Fsp3) is 0.868. The summed E-state index contributed by atoms with van der Waals surface area (Å²) in [5.41, 5.74) is -3.84. The first-order valence-corrected chi connectivity index (χ1v) is 28.9. The van der Waals surface area contributed by atoms with Crippen LogP contribution in [0.5, 0.6) is 0 Å². The number of hydrogen-bond acceptors (Lipinski definition) is 19. The maximum atomic E-state index is 14.9. The Kier molecular flexibility index (Phi) is 22.9. The molecule has 0 radical (unpaired) electrons. The summed E-state index contributed by atoms with van der Waals surface area (Å²) >= 11 is 0. The highest BCUT2D eigenvalue weighted by molar-refractivity contribution is 6.74. The first kappa shape index (κ1) is 64.4. The van der Waals surface area contributed by atoms with Crippen LogP contribution in [0.2, 0.25) is 18.1 Å². The van der Waals surface area contributed by atoms with Crippen LogP contribution < -0.4 is 0 Å². The number of aliphatic hydroxyl groups is 2. The van der Waals surface area contributed by atoms with E-state index in [-0.39, 0.29) is 55.4 Å². The highest BCUT2D eigenvalue weighted by Gasteiger charge is 2.55. The Morgan fingerprint density at radius 1 is 0.863 bits per heavy atom. The van der Waals surface area contributed by atoms with Crippen LogP contribution in [0.3, 0.4) is 0 Å². The van der Waals surface area contributed by atoms with E-state index in [2.05, 4.69) is 45.6 Å². The van der Waals surface area contributed by atoms with E-state index in [9.17, 15) is 29.4 Å². The Morgan fingerprint density at radius 3 is 1.99 bits per heavy atom. The molecule has 0 aromatic rings. The maximum absolute atomic E-state index is 14.9. The van der Waals surface area contributed by atoms with Gasteiger partial charge in [-0.2, -0.15) is 0 Å². The second kappa shape index (κ2) is 26.0. The molecular weight excluding hydrogens is 965 g/mol. The van der Waals surface area contributed by atoms with Crippen molar-refractivity contribution in [2.45, 2.75) is 239 Å². The third-order valence-corrected chi connectivity index (χ3v) is 20.2. The van der Waals surface area contributed by atoms with Crippen LogP contribution in [0, 0.1) is 23.7 Å². The molecule has 3 fully saturated rings. The summed E-state index contributed by atoms with van der Waals surface area (Å²) in [6.45, 7) is 36.5. The smallest absolute Gasteiger partial charge is 0.331 e. The fourth-order valence-electron chi connectivity index (χ4n) is 10.3. The Bertz CT molecular complexity index is 1910. The minimum absolute atomic E-state index is 0.0425. The summed E-state index contributed by atoms with van der Waals surface area (Å²) in [5, 5.41) is 28.6. The van der Waals surface area contributed by atoms with Crippen molar-refractivity contribution in [3.05, 3.63) is 12.2 Å². The number of carbonyl (C=O) groups excluding carboxylic acids is 4. The molecule has 18 atom stereocenters. The minimum atomic E-state index is -2.26. The molecule has 2 N–H and O–H groups in total. The molecule has 0 aromatic carbocycles. The van der Waals surface area contributed by atoms with Crippen molar-refractivity contribution in [2.24, 2.45) is 28.8 Å². The SMILES string of the molecule is C=C(CO[C@]1(C)C[C@@H](C)C(=NOC(C)=O)[C@H](C)[C@@H](O)[C@](C)(O)[C@@H](CC)OC(=O)[C@H](C)[C@@H](OC2C[C@@](C)(OC)[C@@H](OC(C)=O)[C@H](C)O2)[C@H](C)[C@H]1O[C@@H]1O[C@H](C)C[C@H](N(C)C)[C@H]1OC(C)=O)CO[Si](C)(C)C(C)(C)C. The van der Waals surface area contributed by atoms with Crippen molar-refractivity contribution in [3.63, 3.8) is 0 Å². The Hall–Kier alpha value is -2.89.